The van der Waals surface area contributed by atoms with Gasteiger partial charge in [0.05, 0.1) is 51.6 Å². The van der Waals surface area contributed by atoms with E-state index in [9.17, 15) is 65.9 Å². The second-order valence-electron chi connectivity index (χ2n) is 46.4. The summed E-state index contributed by atoms with van der Waals surface area (Å²) in [6.45, 7) is 79.0. The molecule has 0 N–H and O–H groups in total. The Labute approximate surface area is 781 Å². The van der Waals surface area contributed by atoms with Crippen LogP contribution < -0.4 is 0 Å². The highest BCUT2D eigenvalue weighted by Crippen LogP contribution is 2.41. The molecule has 0 spiro atoms. The maximum atomic E-state index is 12.7. The molecule has 0 unspecified atom stereocenters. The number of hydrogen-bond donors (Lipinski definition) is 0. The number of halogens is 15. The topological polar surface area (TPSA) is 161 Å². The molecule has 750 valence electrons. The first kappa shape index (κ1) is 119. The molecular weight excluding hydrogens is 1740 g/mol. The Kier molecular flexibility index (Phi) is 38.8. The molecule has 0 fully saturated rings. The number of aryl methyl sites for hydroxylation is 5. The summed E-state index contributed by atoms with van der Waals surface area (Å²) in [5.41, 5.74) is 3.76. The van der Waals surface area contributed by atoms with Gasteiger partial charge in [-0.2, -0.15) is 96.4 Å². The lowest BCUT2D eigenvalue weighted by atomic mass is 9.87. The molecule has 18 nitrogen and oxygen atoms in total. The minimum absolute atomic E-state index is 0.0521. The fourth-order valence-corrected chi connectivity index (χ4v) is 11.5. The van der Waals surface area contributed by atoms with Gasteiger partial charge >= 0.3 is 30.9 Å². The molecule has 0 aliphatic heterocycles. The summed E-state index contributed by atoms with van der Waals surface area (Å²) >= 11 is 0. The first-order chi connectivity index (χ1) is 58.9. The molecule has 0 radical (unpaired) electrons. The Morgan fingerprint density at radius 3 is 0.977 bits per heavy atom. The Balaban J connectivity index is 0.000000501. The van der Waals surface area contributed by atoms with Crippen LogP contribution in [0.5, 0.6) is 0 Å². The van der Waals surface area contributed by atoms with E-state index in [0.717, 1.165) is 61.7 Å². The van der Waals surface area contributed by atoms with Gasteiger partial charge in [0.15, 0.2) is 17.1 Å². The number of imidazole rings is 1. The van der Waals surface area contributed by atoms with Crippen molar-refractivity contribution < 1.29 is 70.4 Å². The number of para-hydroxylation sites is 1. The first-order valence-electron chi connectivity index (χ1n) is 44.0. The number of benzene rings is 1. The molecule has 0 aliphatic rings. The van der Waals surface area contributed by atoms with Crippen molar-refractivity contribution in [1.82, 2.24) is 82.5 Å². The maximum Gasteiger partial charge on any atom is 0.435 e. The molecule has 133 heavy (non-hydrogen) atoms. The Morgan fingerprint density at radius 2 is 0.714 bits per heavy atom. The lowest BCUT2D eigenvalue weighted by Gasteiger charge is -2.21. The van der Waals surface area contributed by atoms with E-state index in [2.05, 4.69) is 284 Å². The van der Waals surface area contributed by atoms with Crippen LogP contribution in [0.3, 0.4) is 0 Å². The van der Waals surface area contributed by atoms with Crippen molar-refractivity contribution in [2.45, 2.75) is 372 Å². The van der Waals surface area contributed by atoms with Gasteiger partial charge in [-0.15, -0.1) is 0 Å². The molecule has 10 heterocycles. The molecule has 1 aromatic carbocycles. The highest BCUT2D eigenvalue weighted by atomic mass is 19.4. The zero-order valence-electron chi connectivity index (χ0n) is 87.4. The fourth-order valence-electron chi connectivity index (χ4n) is 11.5. The molecular formula is C100H154F15N17O. The van der Waals surface area contributed by atoms with Crippen molar-refractivity contribution in [3.05, 3.63) is 220 Å². The van der Waals surface area contributed by atoms with Crippen LogP contribution in [0.2, 0.25) is 0 Å². The average molecular weight is 1900 g/mol. The van der Waals surface area contributed by atoms with Crippen molar-refractivity contribution in [3.63, 3.8) is 0 Å². The third-order valence-corrected chi connectivity index (χ3v) is 19.8. The summed E-state index contributed by atoms with van der Waals surface area (Å²) in [6, 6.07) is 23.3. The van der Waals surface area contributed by atoms with Crippen molar-refractivity contribution in [2.75, 3.05) is 0 Å². The minimum Gasteiger partial charge on any atom is -0.361 e. The van der Waals surface area contributed by atoms with Crippen molar-refractivity contribution >= 4 is 0 Å². The van der Waals surface area contributed by atoms with Gasteiger partial charge in [-0.05, 0) is 144 Å². The highest BCUT2D eigenvalue weighted by molar-refractivity contribution is 5.33. The van der Waals surface area contributed by atoms with Crippen LogP contribution in [0.25, 0.3) is 5.69 Å². The molecule has 11 aromatic rings. The summed E-state index contributed by atoms with van der Waals surface area (Å²) in [6.07, 6.45) is -5.11. The summed E-state index contributed by atoms with van der Waals surface area (Å²) in [5, 5.41) is 27.4. The van der Waals surface area contributed by atoms with E-state index in [1.165, 1.54) is 72.5 Å². The van der Waals surface area contributed by atoms with Gasteiger partial charge in [-0.25, -0.2) is 9.67 Å². The summed E-state index contributed by atoms with van der Waals surface area (Å²) < 4.78 is 205. The largest absolute Gasteiger partial charge is 0.435 e. The van der Waals surface area contributed by atoms with Crippen LogP contribution in [0.4, 0.5) is 65.9 Å². The Morgan fingerprint density at radius 1 is 0.293 bits per heavy atom. The predicted octanol–water partition coefficient (Wildman–Crippen LogP) is 28.8. The molecule has 33 heteroatoms. The lowest BCUT2D eigenvalue weighted by Crippen LogP contribution is -2.23. The number of rotatable bonds is 1. The maximum absolute atomic E-state index is 12.7. The zero-order valence-corrected chi connectivity index (χ0v) is 87.4. The quantitative estimate of drug-likeness (QED) is 0.146. The predicted molar refractivity (Wildman–Crippen MR) is 504 cm³/mol. The molecule has 0 atom stereocenters. The van der Waals surface area contributed by atoms with E-state index >= 15 is 0 Å². The van der Waals surface area contributed by atoms with Gasteiger partial charge in [-0.3, -0.25) is 23.4 Å². The van der Waals surface area contributed by atoms with Gasteiger partial charge in [0.1, 0.15) is 17.1 Å². The third-order valence-electron chi connectivity index (χ3n) is 19.8. The van der Waals surface area contributed by atoms with Gasteiger partial charge in [-0.1, -0.05) is 231 Å². The van der Waals surface area contributed by atoms with Gasteiger partial charge in [0.25, 0.3) is 0 Å². The highest BCUT2D eigenvalue weighted by Gasteiger charge is 2.43. The summed E-state index contributed by atoms with van der Waals surface area (Å²) in [7, 11) is 7.78. The van der Waals surface area contributed by atoms with Gasteiger partial charge in [0, 0.05) is 146 Å². The molecule has 0 saturated carbocycles. The van der Waals surface area contributed by atoms with Crippen LogP contribution in [0, 0.1) is 0 Å². The van der Waals surface area contributed by atoms with Gasteiger partial charge in [0.2, 0.25) is 0 Å². The first-order valence-corrected chi connectivity index (χ1v) is 44.0. The normalized spacial score (nSPS) is 13.1. The second-order valence-corrected chi connectivity index (χ2v) is 46.4. The van der Waals surface area contributed by atoms with Crippen LogP contribution in [-0.4, -0.2) is 82.5 Å². The molecule has 0 aliphatic carbocycles. The average Bonchev–Trinajstić information content (AvgIpc) is 1.17. The minimum atomic E-state index is -4.37. The SMILES string of the molecule is CC(C)(C)c1cc(C(C)(C)C)on1.CC(C)(C)c1ccn(-c2ccccc2)n1.CC(C)(C)c1ccn(C(C)(C)C)n1.CC(C)(C)c1cn(C(C)(C)C)cn1.CC(C)(C)n1ccc(C(F)(F)F)n1.Cn1cc(C(C)(C)C)c(C(F)(F)F)n1.Cn1ccc(C(C)(C)C)c1.Cn1ccc(C(C)(C)C)c1C(F)(F)F.Cn1nc(C(C)(C)C)cc1C(F)(F)F.Cn1nc(C(F)(F)F)cc1C(C)(C)C. The van der Waals surface area contributed by atoms with E-state index in [1.807, 2.05) is 81.6 Å². The van der Waals surface area contributed by atoms with E-state index in [-0.39, 0.29) is 54.5 Å². The monoisotopic (exact) mass is 1890 g/mol. The lowest BCUT2D eigenvalue weighted by molar-refractivity contribution is -0.144. The van der Waals surface area contributed by atoms with Crippen molar-refractivity contribution in [2.24, 2.45) is 35.2 Å². The smallest absolute Gasteiger partial charge is 0.361 e. The summed E-state index contributed by atoms with van der Waals surface area (Å²) in [4.78, 5) is 4.42. The molecule has 0 amide bonds. The van der Waals surface area contributed by atoms with E-state index < -0.39 is 75.7 Å². The second kappa shape index (κ2) is 43.2. The van der Waals surface area contributed by atoms with Crippen LogP contribution >= 0.6 is 0 Å². The van der Waals surface area contributed by atoms with Crippen LogP contribution in [-0.2, 0) is 137 Å². The Hall–Kier alpha value is -9.59. The Bertz CT molecular complexity index is 4840. The number of nitrogens with zero attached hydrogens (tertiary/aromatic N) is 17. The number of hydrogen-bond acceptors (Lipinski definition) is 9. The zero-order chi connectivity index (χ0) is 104. The number of alkyl halides is 15. The fraction of sp³-hybridized carbons (Fsp3) is 0.620. The van der Waals surface area contributed by atoms with E-state index in [1.54, 1.807) is 62.3 Å². The van der Waals surface area contributed by atoms with Crippen LogP contribution in [0.15, 0.2) is 139 Å². The molecule has 10 aromatic heterocycles. The van der Waals surface area contributed by atoms with E-state index in [4.69, 9.17) is 4.52 Å². The van der Waals surface area contributed by atoms with Gasteiger partial charge < -0.3 is 18.2 Å². The number of aromatic nitrogens is 17. The summed E-state index contributed by atoms with van der Waals surface area (Å²) in [5.74, 6) is 0.956. The van der Waals surface area contributed by atoms with Crippen molar-refractivity contribution in [3.8, 4) is 5.69 Å². The third kappa shape index (κ3) is 39.0. The van der Waals surface area contributed by atoms with Crippen LogP contribution in [0.1, 0.15) is 355 Å². The van der Waals surface area contributed by atoms with E-state index in [0.29, 0.717) is 22.4 Å². The molecule has 11 rings (SSSR count). The molecule has 0 saturated heterocycles. The van der Waals surface area contributed by atoms with Crippen molar-refractivity contribution in [1.29, 1.82) is 0 Å². The molecule has 0 bridgehead atoms. The standard InChI is InChI=1S/C13H16N2.2C11H20N2.C11H19NO.C10H14F3N.3C9H13F3N2.C9H15N.C8H11F3N2/c1-13(2,3)12-9-10-15(14-12)11-7-5-4-6-8-11;1-10(2,3)9-7-13(8-12-9)11(4,5)6;1-10(2,3)9-7-8-13(12-9)11(4,5)6;1-10(2,3)8-7-9(13-12-8)11(4,5)6;1-9(2,3)7-5-6-14(4)8(7)10(11,12)13;1-8(2,3)6-5-14(4)13-7(6)9(10,11)12;1-8(2,3)7-5-6(9(10,11)12)13-14(7)4;1-8(2,3)6-5-7(9(10,11)12)14(4)13-6;1-9(2,3)8-5-6-10(4)7-8;1-7(2,3)13-5-4-6(12-13)8(9,10)11/h4-10H,1-3H3;2*7-8H,1-6H3;7H,1-6H3;5-6H,1-4H3;3*5H,1-4H3;5-7H,1-4H3;4-5H,1-3H3.